The SMILES string of the molecule is CC.CCCC(CC)C(CC)CC. The van der Waals surface area contributed by atoms with Crippen LogP contribution in [0.5, 0.6) is 0 Å². The summed E-state index contributed by atoms with van der Waals surface area (Å²) in [5.74, 6) is 1.98. The van der Waals surface area contributed by atoms with E-state index in [1.807, 2.05) is 13.8 Å². The Morgan fingerprint density at radius 3 is 1.31 bits per heavy atom. The van der Waals surface area contributed by atoms with Gasteiger partial charge in [0, 0.05) is 0 Å². The maximum Gasteiger partial charge on any atom is -0.0389 e. The second-order valence-corrected chi connectivity index (χ2v) is 3.53. The normalized spacial score (nSPS) is 12.2. The van der Waals surface area contributed by atoms with Crippen molar-refractivity contribution < 1.29 is 0 Å². The average Bonchev–Trinajstić information content (AvgIpc) is 2.21. The minimum Gasteiger partial charge on any atom is -0.0683 e. The van der Waals surface area contributed by atoms with Crippen LogP contribution in [0.2, 0.25) is 0 Å². The molecule has 0 rings (SSSR count). The van der Waals surface area contributed by atoms with Crippen molar-refractivity contribution in [3.63, 3.8) is 0 Å². The highest BCUT2D eigenvalue weighted by Gasteiger charge is 2.14. The molecule has 0 radical (unpaired) electrons. The van der Waals surface area contributed by atoms with Gasteiger partial charge in [-0.1, -0.05) is 73.6 Å². The van der Waals surface area contributed by atoms with E-state index in [2.05, 4.69) is 27.7 Å². The predicted molar refractivity (Wildman–Crippen MR) is 64.1 cm³/mol. The van der Waals surface area contributed by atoms with Gasteiger partial charge in [-0.15, -0.1) is 0 Å². The van der Waals surface area contributed by atoms with E-state index in [-0.39, 0.29) is 0 Å². The second-order valence-electron chi connectivity index (χ2n) is 3.53. The van der Waals surface area contributed by atoms with Crippen LogP contribution in [0.25, 0.3) is 0 Å². The Bertz CT molecular complexity index is 72.1. The summed E-state index contributed by atoms with van der Waals surface area (Å²) in [6.45, 7) is 13.3. The van der Waals surface area contributed by atoms with Crippen molar-refractivity contribution >= 4 is 0 Å². The van der Waals surface area contributed by atoms with Gasteiger partial charge in [-0.25, -0.2) is 0 Å². The van der Waals surface area contributed by atoms with Crippen LogP contribution in [0.4, 0.5) is 0 Å². The fourth-order valence-corrected chi connectivity index (χ4v) is 2.10. The third kappa shape index (κ3) is 7.10. The van der Waals surface area contributed by atoms with Gasteiger partial charge in [0.25, 0.3) is 0 Å². The summed E-state index contributed by atoms with van der Waals surface area (Å²) < 4.78 is 0. The lowest BCUT2D eigenvalue weighted by molar-refractivity contribution is 0.284. The predicted octanol–water partition coefficient (Wildman–Crippen LogP) is 5.28. The summed E-state index contributed by atoms with van der Waals surface area (Å²) in [6, 6.07) is 0. The van der Waals surface area contributed by atoms with Crippen LogP contribution in [-0.2, 0) is 0 Å². The fraction of sp³-hybridized carbons (Fsp3) is 1.00. The molecule has 13 heavy (non-hydrogen) atoms. The van der Waals surface area contributed by atoms with Gasteiger partial charge in [0.05, 0.1) is 0 Å². The first kappa shape index (κ1) is 15.5. The molecule has 0 saturated heterocycles. The van der Waals surface area contributed by atoms with Gasteiger partial charge in [-0.2, -0.15) is 0 Å². The molecule has 0 aliphatic carbocycles. The molecule has 1 atom stereocenters. The summed E-state index contributed by atoms with van der Waals surface area (Å²) in [5.41, 5.74) is 0. The molecular weight excluding hydrogens is 156 g/mol. The van der Waals surface area contributed by atoms with E-state index in [1.54, 1.807) is 0 Å². The lowest BCUT2D eigenvalue weighted by atomic mass is 9.83. The Kier molecular flexibility index (Phi) is 14.3. The van der Waals surface area contributed by atoms with E-state index in [9.17, 15) is 0 Å². The lowest BCUT2D eigenvalue weighted by Crippen LogP contribution is -2.12. The number of hydrogen-bond acceptors (Lipinski definition) is 0. The van der Waals surface area contributed by atoms with Gasteiger partial charge in [0.2, 0.25) is 0 Å². The van der Waals surface area contributed by atoms with Crippen molar-refractivity contribution in [2.45, 2.75) is 73.6 Å². The van der Waals surface area contributed by atoms with Crippen molar-refractivity contribution in [1.29, 1.82) is 0 Å². The van der Waals surface area contributed by atoms with Crippen LogP contribution < -0.4 is 0 Å². The molecule has 0 bridgehead atoms. The molecule has 0 spiro atoms. The third-order valence-electron chi connectivity index (χ3n) is 2.90. The number of rotatable bonds is 6. The molecule has 0 aliphatic heterocycles. The monoisotopic (exact) mass is 186 g/mol. The second kappa shape index (κ2) is 12.0. The van der Waals surface area contributed by atoms with Crippen LogP contribution in [0.1, 0.15) is 73.6 Å². The maximum atomic E-state index is 2.33. The van der Waals surface area contributed by atoms with Crippen LogP contribution in [-0.4, -0.2) is 0 Å². The van der Waals surface area contributed by atoms with Gasteiger partial charge in [-0.3, -0.25) is 0 Å². The quantitative estimate of drug-likeness (QED) is 0.530. The summed E-state index contributed by atoms with van der Waals surface area (Å²) >= 11 is 0. The Morgan fingerprint density at radius 2 is 1.08 bits per heavy atom. The first-order valence-corrected chi connectivity index (χ1v) is 6.29. The number of hydrogen-bond donors (Lipinski definition) is 0. The molecule has 0 heteroatoms. The van der Waals surface area contributed by atoms with E-state index >= 15 is 0 Å². The van der Waals surface area contributed by atoms with E-state index in [1.165, 1.54) is 32.1 Å². The molecule has 82 valence electrons. The van der Waals surface area contributed by atoms with Gasteiger partial charge >= 0.3 is 0 Å². The summed E-state index contributed by atoms with van der Waals surface area (Å²) in [7, 11) is 0. The molecule has 0 amide bonds. The summed E-state index contributed by atoms with van der Waals surface area (Å²) in [4.78, 5) is 0. The van der Waals surface area contributed by atoms with E-state index in [4.69, 9.17) is 0 Å². The van der Waals surface area contributed by atoms with Crippen LogP contribution in [0.3, 0.4) is 0 Å². The van der Waals surface area contributed by atoms with E-state index in [0.717, 1.165) is 11.8 Å². The molecule has 1 unspecified atom stereocenters. The van der Waals surface area contributed by atoms with Crippen LogP contribution in [0, 0.1) is 11.8 Å². The molecule has 0 heterocycles. The lowest BCUT2D eigenvalue weighted by Gasteiger charge is -2.23. The van der Waals surface area contributed by atoms with E-state index in [0.29, 0.717) is 0 Å². The first-order chi connectivity index (χ1) is 6.29. The van der Waals surface area contributed by atoms with Crippen molar-refractivity contribution in [1.82, 2.24) is 0 Å². The van der Waals surface area contributed by atoms with Crippen molar-refractivity contribution in [2.75, 3.05) is 0 Å². The largest absolute Gasteiger partial charge is 0.0683 e. The third-order valence-corrected chi connectivity index (χ3v) is 2.90. The molecule has 0 aromatic heterocycles. The van der Waals surface area contributed by atoms with Crippen molar-refractivity contribution in [3.8, 4) is 0 Å². The van der Waals surface area contributed by atoms with Gasteiger partial charge in [0.15, 0.2) is 0 Å². The first-order valence-electron chi connectivity index (χ1n) is 6.29. The molecule has 0 nitrogen and oxygen atoms in total. The van der Waals surface area contributed by atoms with Crippen molar-refractivity contribution in [2.24, 2.45) is 11.8 Å². The highest BCUT2D eigenvalue weighted by molar-refractivity contribution is 4.65. The Labute approximate surface area is 86.1 Å². The Balaban J connectivity index is 0. The topological polar surface area (TPSA) is 0 Å². The smallest absolute Gasteiger partial charge is 0.0389 e. The molecule has 0 aromatic rings. The Hall–Kier alpha value is 0. The van der Waals surface area contributed by atoms with Crippen LogP contribution >= 0.6 is 0 Å². The molecule has 0 aliphatic rings. The fourth-order valence-electron chi connectivity index (χ4n) is 2.10. The zero-order valence-corrected chi connectivity index (χ0v) is 10.7. The van der Waals surface area contributed by atoms with Crippen molar-refractivity contribution in [3.05, 3.63) is 0 Å². The zero-order chi connectivity index (χ0) is 10.7. The maximum absolute atomic E-state index is 2.33. The highest BCUT2D eigenvalue weighted by atomic mass is 14.2. The highest BCUT2D eigenvalue weighted by Crippen LogP contribution is 2.26. The molecule has 0 aromatic carbocycles. The summed E-state index contributed by atoms with van der Waals surface area (Å²) in [6.07, 6.45) is 6.90. The van der Waals surface area contributed by atoms with E-state index < -0.39 is 0 Å². The molecular formula is C13H30. The van der Waals surface area contributed by atoms with Gasteiger partial charge in [0.1, 0.15) is 0 Å². The van der Waals surface area contributed by atoms with Gasteiger partial charge in [-0.05, 0) is 11.8 Å². The summed E-state index contributed by atoms with van der Waals surface area (Å²) in [5, 5.41) is 0. The molecule has 0 N–H and O–H groups in total. The minimum atomic E-state index is 0.986. The molecule has 0 saturated carbocycles. The Morgan fingerprint density at radius 1 is 0.692 bits per heavy atom. The van der Waals surface area contributed by atoms with Crippen LogP contribution in [0.15, 0.2) is 0 Å². The minimum absolute atomic E-state index is 0.986. The standard InChI is InChI=1S/C11H24.C2H6/c1-5-9-11(8-4)10(6-2)7-3;1-2/h10-11H,5-9H2,1-4H3;1-2H3. The van der Waals surface area contributed by atoms with Gasteiger partial charge < -0.3 is 0 Å². The zero-order valence-electron chi connectivity index (χ0n) is 10.7. The molecule has 0 fully saturated rings. The average molecular weight is 186 g/mol.